The summed E-state index contributed by atoms with van der Waals surface area (Å²) in [5.41, 5.74) is 0. The van der Waals surface area contributed by atoms with Gasteiger partial charge in [0.2, 0.25) is 0 Å². The fraction of sp³-hybridized carbons (Fsp3) is 0.571. The number of para-hydroxylation sites is 1. The van der Waals surface area contributed by atoms with Crippen LogP contribution in [0.4, 0.5) is 0 Å². The minimum atomic E-state index is 0.765. The van der Waals surface area contributed by atoms with E-state index in [4.69, 9.17) is 9.47 Å². The molecule has 0 aliphatic heterocycles. The molecule has 0 bridgehead atoms. The molecule has 0 saturated carbocycles. The Balaban J connectivity index is 2.63. The highest BCUT2D eigenvalue weighted by Crippen LogP contribution is 2.32. The molecule has 0 aliphatic rings. The first-order valence-electron chi connectivity index (χ1n) is 6.33. The van der Waals surface area contributed by atoms with Crippen molar-refractivity contribution < 1.29 is 9.47 Å². The minimum Gasteiger partial charge on any atom is -0.490 e. The molecule has 0 amide bonds. The van der Waals surface area contributed by atoms with E-state index in [1.165, 1.54) is 0 Å². The van der Waals surface area contributed by atoms with E-state index in [0.717, 1.165) is 54.0 Å². The third-order valence-corrected chi connectivity index (χ3v) is 3.28. The molecule has 0 atom stereocenters. The summed E-state index contributed by atoms with van der Waals surface area (Å²) in [6, 6.07) is 6.04. The highest BCUT2D eigenvalue weighted by molar-refractivity contribution is 14.1. The molecule has 0 spiro atoms. The number of unbranched alkanes of at least 4 members (excludes halogenated alkanes) is 2. The van der Waals surface area contributed by atoms with Gasteiger partial charge in [-0.3, -0.25) is 0 Å². The van der Waals surface area contributed by atoms with Crippen LogP contribution in [0.15, 0.2) is 18.2 Å². The van der Waals surface area contributed by atoms with E-state index in [1.807, 2.05) is 12.1 Å². The minimum absolute atomic E-state index is 0.765. The molecular formula is C14H21IO2. The van der Waals surface area contributed by atoms with Gasteiger partial charge in [-0.05, 0) is 47.6 Å². The Morgan fingerprint density at radius 1 is 1.00 bits per heavy atom. The number of rotatable bonds is 8. The van der Waals surface area contributed by atoms with Gasteiger partial charge in [0.05, 0.1) is 16.8 Å². The van der Waals surface area contributed by atoms with Gasteiger partial charge in [-0.1, -0.05) is 32.8 Å². The number of hydrogen-bond donors (Lipinski definition) is 0. The van der Waals surface area contributed by atoms with Gasteiger partial charge in [-0.15, -0.1) is 0 Å². The summed E-state index contributed by atoms with van der Waals surface area (Å²) in [7, 11) is 0. The maximum Gasteiger partial charge on any atom is 0.174 e. The molecule has 1 rings (SSSR count). The lowest BCUT2D eigenvalue weighted by Gasteiger charge is -2.13. The number of halogens is 1. The van der Waals surface area contributed by atoms with Crippen molar-refractivity contribution in [3.05, 3.63) is 21.8 Å². The summed E-state index contributed by atoms with van der Waals surface area (Å²) in [4.78, 5) is 0. The monoisotopic (exact) mass is 348 g/mol. The Hall–Kier alpha value is -0.450. The molecule has 96 valence electrons. The van der Waals surface area contributed by atoms with Gasteiger partial charge in [-0.2, -0.15) is 0 Å². The smallest absolute Gasteiger partial charge is 0.174 e. The molecule has 0 heterocycles. The maximum atomic E-state index is 5.81. The Kier molecular flexibility index (Phi) is 7.40. The van der Waals surface area contributed by atoms with Gasteiger partial charge in [0.15, 0.2) is 11.5 Å². The molecule has 0 saturated heterocycles. The van der Waals surface area contributed by atoms with Crippen molar-refractivity contribution in [2.75, 3.05) is 13.2 Å². The molecule has 1 aromatic rings. The van der Waals surface area contributed by atoms with Crippen LogP contribution in [0.3, 0.4) is 0 Å². The molecule has 0 fully saturated rings. The van der Waals surface area contributed by atoms with Crippen LogP contribution in [0.2, 0.25) is 0 Å². The molecule has 0 aliphatic carbocycles. The van der Waals surface area contributed by atoms with Crippen molar-refractivity contribution in [1.82, 2.24) is 0 Å². The Labute approximate surface area is 118 Å². The van der Waals surface area contributed by atoms with Crippen LogP contribution in [0.25, 0.3) is 0 Å². The predicted molar refractivity (Wildman–Crippen MR) is 80.0 cm³/mol. The number of ether oxygens (including phenoxy) is 2. The van der Waals surface area contributed by atoms with Crippen LogP contribution in [-0.4, -0.2) is 13.2 Å². The molecule has 17 heavy (non-hydrogen) atoms. The zero-order valence-corrected chi connectivity index (χ0v) is 12.8. The van der Waals surface area contributed by atoms with Crippen molar-refractivity contribution in [3.8, 4) is 11.5 Å². The summed E-state index contributed by atoms with van der Waals surface area (Å²) < 4.78 is 12.7. The summed E-state index contributed by atoms with van der Waals surface area (Å²) in [6.07, 6.45) is 4.46. The molecular weight excluding hydrogens is 327 g/mol. The van der Waals surface area contributed by atoms with Gasteiger partial charge < -0.3 is 9.47 Å². The lowest BCUT2D eigenvalue weighted by molar-refractivity contribution is 0.260. The molecule has 1 aromatic carbocycles. The molecule has 3 heteroatoms. The van der Waals surface area contributed by atoms with Crippen molar-refractivity contribution in [2.45, 2.75) is 39.5 Å². The van der Waals surface area contributed by atoms with E-state index in [0.29, 0.717) is 0 Å². The van der Waals surface area contributed by atoms with E-state index < -0.39 is 0 Å². The third-order valence-electron chi connectivity index (χ3n) is 2.43. The van der Waals surface area contributed by atoms with Crippen molar-refractivity contribution in [3.63, 3.8) is 0 Å². The first kappa shape index (κ1) is 14.6. The second kappa shape index (κ2) is 8.61. The quantitative estimate of drug-likeness (QED) is 0.503. The highest BCUT2D eigenvalue weighted by Gasteiger charge is 2.08. The summed E-state index contributed by atoms with van der Waals surface area (Å²) in [5.74, 6) is 1.78. The van der Waals surface area contributed by atoms with Crippen molar-refractivity contribution in [2.24, 2.45) is 0 Å². The summed E-state index contributed by atoms with van der Waals surface area (Å²) in [6.45, 7) is 5.86. The van der Waals surface area contributed by atoms with Gasteiger partial charge in [0, 0.05) is 0 Å². The Bertz CT molecular complexity index is 326. The average molecular weight is 348 g/mol. The van der Waals surface area contributed by atoms with Gasteiger partial charge in [-0.25, -0.2) is 0 Å². The fourth-order valence-corrected chi connectivity index (χ4v) is 2.02. The molecule has 0 unspecified atom stereocenters. The lowest BCUT2D eigenvalue weighted by atomic mass is 10.3. The van der Waals surface area contributed by atoms with Gasteiger partial charge in [0.25, 0.3) is 0 Å². The Morgan fingerprint density at radius 2 is 1.65 bits per heavy atom. The van der Waals surface area contributed by atoms with Crippen LogP contribution in [0, 0.1) is 3.57 Å². The van der Waals surface area contributed by atoms with E-state index in [2.05, 4.69) is 42.5 Å². The van der Waals surface area contributed by atoms with Crippen LogP contribution < -0.4 is 9.47 Å². The SMILES string of the molecule is CCCCOc1cccc(I)c1OCCCC. The van der Waals surface area contributed by atoms with Crippen LogP contribution in [0.1, 0.15) is 39.5 Å². The largest absolute Gasteiger partial charge is 0.490 e. The average Bonchev–Trinajstić information content (AvgIpc) is 2.33. The Morgan fingerprint density at radius 3 is 2.29 bits per heavy atom. The predicted octanol–water partition coefficient (Wildman–Crippen LogP) is 4.65. The van der Waals surface area contributed by atoms with Crippen molar-refractivity contribution in [1.29, 1.82) is 0 Å². The highest BCUT2D eigenvalue weighted by atomic mass is 127. The van der Waals surface area contributed by atoms with Crippen LogP contribution in [-0.2, 0) is 0 Å². The second-order valence-electron chi connectivity index (χ2n) is 3.97. The van der Waals surface area contributed by atoms with Gasteiger partial charge in [0.1, 0.15) is 0 Å². The zero-order chi connectivity index (χ0) is 12.5. The molecule has 0 N–H and O–H groups in total. The first-order chi connectivity index (χ1) is 8.29. The second-order valence-corrected chi connectivity index (χ2v) is 5.13. The normalized spacial score (nSPS) is 10.3. The summed E-state index contributed by atoms with van der Waals surface area (Å²) >= 11 is 2.29. The number of hydrogen-bond acceptors (Lipinski definition) is 2. The standard InChI is InChI=1S/C14H21IO2/c1-3-5-10-16-13-9-7-8-12(15)14(13)17-11-6-4-2/h7-9H,3-6,10-11H2,1-2H3. The lowest BCUT2D eigenvalue weighted by Crippen LogP contribution is -2.03. The van der Waals surface area contributed by atoms with E-state index >= 15 is 0 Å². The fourth-order valence-electron chi connectivity index (χ4n) is 1.39. The number of benzene rings is 1. The van der Waals surface area contributed by atoms with Crippen LogP contribution >= 0.6 is 22.6 Å². The topological polar surface area (TPSA) is 18.5 Å². The van der Waals surface area contributed by atoms with E-state index in [1.54, 1.807) is 0 Å². The first-order valence-corrected chi connectivity index (χ1v) is 7.41. The molecule has 0 radical (unpaired) electrons. The maximum absolute atomic E-state index is 5.81. The van der Waals surface area contributed by atoms with Crippen molar-refractivity contribution >= 4 is 22.6 Å². The molecule has 2 nitrogen and oxygen atoms in total. The molecule has 0 aromatic heterocycles. The van der Waals surface area contributed by atoms with Gasteiger partial charge >= 0.3 is 0 Å². The summed E-state index contributed by atoms with van der Waals surface area (Å²) in [5, 5.41) is 0. The third kappa shape index (κ3) is 5.15. The van der Waals surface area contributed by atoms with E-state index in [9.17, 15) is 0 Å². The zero-order valence-electron chi connectivity index (χ0n) is 10.7. The van der Waals surface area contributed by atoms with E-state index in [-0.39, 0.29) is 0 Å². The van der Waals surface area contributed by atoms with Crippen LogP contribution in [0.5, 0.6) is 11.5 Å².